The van der Waals surface area contributed by atoms with Crippen LogP contribution in [0.25, 0.3) is 11.0 Å². The van der Waals surface area contributed by atoms with Gasteiger partial charge in [-0.3, -0.25) is 4.79 Å². The van der Waals surface area contributed by atoms with Gasteiger partial charge in [0.2, 0.25) is 0 Å². The quantitative estimate of drug-likeness (QED) is 0.640. The molecule has 0 unspecified atom stereocenters. The second-order valence-electron chi connectivity index (χ2n) is 7.65. The Balaban J connectivity index is 1.49. The van der Waals surface area contributed by atoms with Gasteiger partial charge in [0.05, 0.1) is 11.7 Å². The molecular formula is C24H27NO4. The van der Waals surface area contributed by atoms with Gasteiger partial charge in [-0.1, -0.05) is 30.3 Å². The molecule has 0 aliphatic heterocycles. The summed E-state index contributed by atoms with van der Waals surface area (Å²) in [6, 6.07) is 15.8. The van der Waals surface area contributed by atoms with E-state index in [1.165, 1.54) is 0 Å². The number of rotatable bonds is 6. The van der Waals surface area contributed by atoms with Crippen molar-refractivity contribution < 1.29 is 18.7 Å². The van der Waals surface area contributed by atoms with E-state index in [1.807, 2.05) is 55.5 Å². The molecule has 1 fully saturated rings. The number of benzene rings is 2. The van der Waals surface area contributed by atoms with Crippen molar-refractivity contribution in [3.05, 3.63) is 65.4 Å². The Hall–Kier alpha value is -2.79. The number of amides is 1. The van der Waals surface area contributed by atoms with E-state index in [2.05, 4.69) is 5.32 Å². The first-order valence-electron chi connectivity index (χ1n) is 10.2. The zero-order chi connectivity index (χ0) is 20.2. The number of hydrogen-bond donors (Lipinski definition) is 1. The Labute approximate surface area is 171 Å². The number of aryl methyl sites for hydroxylation is 1. The molecular weight excluding hydrogens is 366 g/mol. The molecule has 1 amide bonds. The highest BCUT2D eigenvalue weighted by Crippen LogP contribution is 2.30. The molecule has 0 saturated heterocycles. The van der Waals surface area contributed by atoms with Gasteiger partial charge in [-0.2, -0.15) is 0 Å². The van der Waals surface area contributed by atoms with E-state index < -0.39 is 0 Å². The standard InChI is InChI=1S/C24H27NO4/c1-16-23(24(26)25-18-8-10-19(27-2)11-9-18)21-14-20(12-13-22(21)29-16)28-15-17-6-4-3-5-7-17/h3-7,12-14,18-19H,8-11,15H2,1-2H3,(H,25,26). The number of carbonyl (C=O) groups is 1. The minimum absolute atomic E-state index is 0.0812. The predicted molar refractivity (Wildman–Crippen MR) is 112 cm³/mol. The van der Waals surface area contributed by atoms with E-state index in [9.17, 15) is 4.79 Å². The maximum absolute atomic E-state index is 13.0. The topological polar surface area (TPSA) is 60.7 Å². The molecule has 1 N–H and O–H groups in total. The molecule has 5 heteroatoms. The first kappa shape index (κ1) is 19.5. The molecule has 1 aliphatic carbocycles. The van der Waals surface area contributed by atoms with Crippen molar-refractivity contribution in [1.82, 2.24) is 5.32 Å². The Morgan fingerprint density at radius 3 is 2.59 bits per heavy atom. The summed E-state index contributed by atoms with van der Waals surface area (Å²) in [5, 5.41) is 3.97. The van der Waals surface area contributed by atoms with Crippen molar-refractivity contribution in [2.75, 3.05) is 7.11 Å². The molecule has 29 heavy (non-hydrogen) atoms. The van der Waals surface area contributed by atoms with Crippen molar-refractivity contribution in [1.29, 1.82) is 0 Å². The van der Waals surface area contributed by atoms with Crippen LogP contribution in [-0.2, 0) is 11.3 Å². The summed E-state index contributed by atoms with van der Waals surface area (Å²) in [5.41, 5.74) is 2.39. The lowest BCUT2D eigenvalue weighted by atomic mass is 9.92. The van der Waals surface area contributed by atoms with Gasteiger partial charge < -0.3 is 19.2 Å². The lowest BCUT2D eigenvalue weighted by molar-refractivity contribution is 0.0599. The molecule has 152 valence electrons. The Kier molecular flexibility index (Phi) is 5.86. The lowest BCUT2D eigenvalue weighted by Crippen LogP contribution is -2.39. The fraction of sp³-hybridized carbons (Fsp3) is 0.375. The number of methoxy groups -OCH3 is 1. The molecule has 1 heterocycles. The smallest absolute Gasteiger partial charge is 0.255 e. The van der Waals surface area contributed by atoms with Gasteiger partial charge in [-0.05, 0) is 56.4 Å². The zero-order valence-corrected chi connectivity index (χ0v) is 16.9. The highest BCUT2D eigenvalue weighted by Gasteiger charge is 2.25. The Morgan fingerprint density at radius 2 is 1.86 bits per heavy atom. The van der Waals surface area contributed by atoms with Gasteiger partial charge in [0, 0.05) is 18.5 Å². The molecule has 0 spiro atoms. The van der Waals surface area contributed by atoms with Crippen LogP contribution in [-0.4, -0.2) is 25.2 Å². The van der Waals surface area contributed by atoms with Gasteiger partial charge in [0.1, 0.15) is 23.7 Å². The summed E-state index contributed by atoms with van der Waals surface area (Å²) >= 11 is 0. The van der Waals surface area contributed by atoms with Crippen LogP contribution in [0.5, 0.6) is 5.75 Å². The molecule has 4 rings (SSSR count). The highest BCUT2D eigenvalue weighted by atomic mass is 16.5. The van der Waals surface area contributed by atoms with Crippen molar-refractivity contribution >= 4 is 16.9 Å². The van der Waals surface area contributed by atoms with Crippen molar-refractivity contribution in [3.63, 3.8) is 0 Å². The lowest BCUT2D eigenvalue weighted by Gasteiger charge is -2.28. The second kappa shape index (κ2) is 8.70. The van der Waals surface area contributed by atoms with E-state index >= 15 is 0 Å². The number of fused-ring (bicyclic) bond motifs is 1. The fourth-order valence-corrected chi connectivity index (χ4v) is 4.01. The first-order chi connectivity index (χ1) is 14.1. The predicted octanol–water partition coefficient (Wildman–Crippen LogP) is 5.01. The van der Waals surface area contributed by atoms with Gasteiger partial charge in [0.15, 0.2) is 0 Å². The van der Waals surface area contributed by atoms with Crippen LogP contribution in [0.3, 0.4) is 0 Å². The average molecular weight is 393 g/mol. The molecule has 1 aliphatic rings. The van der Waals surface area contributed by atoms with Crippen LogP contribution in [0.15, 0.2) is 52.9 Å². The Morgan fingerprint density at radius 1 is 1.10 bits per heavy atom. The number of carbonyl (C=O) groups excluding carboxylic acids is 1. The normalized spacial score (nSPS) is 19.2. The third-order valence-electron chi connectivity index (χ3n) is 5.65. The van der Waals surface area contributed by atoms with Crippen LogP contribution >= 0.6 is 0 Å². The van der Waals surface area contributed by atoms with Crippen LogP contribution < -0.4 is 10.1 Å². The molecule has 2 aromatic carbocycles. The minimum Gasteiger partial charge on any atom is -0.489 e. The third-order valence-corrected chi connectivity index (χ3v) is 5.65. The minimum atomic E-state index is -0.0812. The average Bonchev–Trinajstić information content (AvgIpc) is 3.08. The molecule has 5 nitrogen and oxygen atoms in total. The monoisotopic (exact) mass is 393 g/mol. The van der Waals surface area contributed by atoms with Crippen molar-refractivity contribution in [2.24, 2.45) is 0 Å². The van der Waals surface area contributed by atoms with E-state index in [-0.39, 0.29) is 11.9 Å². The molecule has 1 saturated carbocycles. The van der Waals surface area contributed by atoms with Crippen LogP contribution in [0, 0.1) is 6.92 Å². The van der Waals surface area contributed by atoms with Crippen molar-refractivity contribution in [2.45, 2.75) is 51.4 Å². The van der Waals surface area contributed by atoms with Crippen LogP contribution in [0.2, 0.25) is 0 Å². The zero-order valence-electron chi connectivity index (χ0n) is 16.9. The van der Waals surface area contributed by atoms with Crippen LogP contribution in [0.4, 0.5) is 0 Å². The Bertz CT molecular complexity index is 971. The molecule has 0 atom stereocenters. The highest BCUT2D eigenvalue weighted by molar-refractivity contribution is 6.07. The van der Waals surface area contributed by atoms with E-state index in [4.69, 9.17) is 13.9 Å². The summed E-state index contributed by atoms with van der Waals surface area (Å²) in [6.45, 7) is 2.31. The van der Waals surface area contributed by atoms with E-state index in [1.54, 1.807) is 7.11 Å². The third kappa shape index (κ3) is 4.46. The van der Waals surface area contributed by atoms with Gasteiger partial charge in [-0.25, -0.2) is 0 Å². The second-order valence-corrected chi connectivity index (χ2v) is 7.65. The number of ether oxygens (including phenoxy) is 2. The molecule has 0 bridgehead atoms. The van der Waals surface area contributed by atoms with Gasteiger partial charge >= 0.3 is 0 Å². The van der Waals surface area contributed by atoms with Gasteiger partial charge in [0.25, 0.3) is 5.91 Å². The maximum Gasteiger partial charge on any atom is 0.255 e. The largest absolute Gasteiger partial charge is 0.489 e. The maximum atomic E-state index is 13.0. The number of hydrogen-bond acceptors (Lipinski definition) is 4. The fourth-order valence-electron chi connectivity index (χ4n) is 4.01. The molecule has 1 aromatic heterocycles. The summed E-state index contributed by atoms with van der Waals surface area (Å²) in [5.74, 6) is 1.27. The number of furan rings is 1. The SMILES string of the molecule is COC1CCC(NC(=O)c2c(C)oc3ccc(OCc4ccccc4)cc23)CC1. The van der Waals surface area contributed by atoms with Gasteiger partial charge in [-0.15, -0.1) is 0 Å². The summed E-state index contributed by atoms with van der Waals surface area (Å²) in [6.07, 6.45) is 4.13. The number of nitrogens with one attached hydrogen (secondary N) is 1. The van der Waals surface area contributed by atoms with E-state index in [0.717, 1.165) is 42.4 Å². The molecule has 0 radical (unpaired) electrons. The first-order valence-corrected chi connectivity index (χ1v) is 10.2. The van der Waals surface area contributed by atoms with Crippen LogP contribution in [0.1, 0.15) is 47.4 Å². The van der Waals surface area contributed by atoms with E-state index in [0.29, 0.717) is 29.6 Å². The molecule has 3 aromatic rings. The summed E-state index contributed by atoms with van der Waals surface area (Å²) in [4.78, 5) is 13.0. The summed E-state index contributed by atoms with van der Waals surface area (Å²) in [7, 11) is 1.75. The van der Waals surface area contributed by atoms with Crippen molar-refractivity contribution in [3.8, 4) is 5.75 Å². The summed E-state index contributed by atoms with van der Waals surface area (Å²) < 4.78 is 17.2.